The summed E-state index contributed by atoms with van der Waals surface area (Å²) < 4.78 is 1.99. The van der Waals surface area contributed by atoms with Crippen LogP contribution in [0.3, 0.4) is 0 Å². The van der Waals surface area contributed by atoms with Gasteiger partial charge in [-0.15, -0.1) is 0 Å². The summed E-state index contributed by atoms with van der Waals surface area (Å²) in [6.07, 6.45) is 7.20. The summed E-state index contributed by atoms with van der Waals surface area (Å²) in [5, 5.41) is 3.58. The molecule has 1 aromatic heterocycles. The lowest BCUT2D eigenvalue weighted by Crippen LogP contribution is -2.25. The highest BCUT2D eigenvalue weighted by Gasteiger charge is 2.16. The Hall–Kier alpha value is -1.23. The summed E-state index contributed by atoms with van der Waals surface area (Å²) in [6, 6.07) is 3.12. The second-order valence-corrected chi connectivity index (χ2v) is 5.67. The Bertz CT molecular complexity index is 614. The van der Waals surface area contributed by atoms with Crippen LogP contribution in [0.15, 0.2) is 30.9 Å². The Kier molecular flexibility index (Phi) is 5.91. The molecule has 0 bridgehead atoms. The molecule has 0 aliphatic rings. The molecule has 1 N–H and O–H groups in total. The minimum absolute atomic E-state index is 0.181. The molecule has 0 radical (unpaired) electrons. The third-order valence-electron chi connectivity index (χ3n) is 2.96. The smallest absolute Gasteiger partial charge is 0.254 e. The number of aromatic nitrogens is 2. The normalized spacial score (nSPS) is 10.6. The van der Waals surface area contributed by atoms with Gasteiger partial charge in [-0.25, -0.2) is 4.98 Å². The highest BCUT2D eigenvalue weighted by molar-refractivity contribution is 6.46. The van der Waals surface area contributed by atoms with Gasteiger partial charge in [-0.05, 0) is 25.0 Å². The molecule has 112 valence electrons. The molecule has 21 heavy (non-hydrogen) atoms. The van der Waals surface area contributed by atoms with E-state index in [1.165, 1.54) is 0 Å². The van der Waals surface area contributed by atoms with Crippen LogP contribution in [-0.2, 0) is 6.54 Å². The first kappa shape index (κ1) is 16.1. The number of amides is 1. The van der Waals surface area contributed by atoms with E-state index in [1.807, 2.05) is 10.8 Å². The van der Waals surface area contributed by atoms with Gasteiger partial charge >= 0.3 is 0 Å². The fourth-order valence-corrected chi connectivity index (χ4v) is 2.56. The molecule has 0 spiro atoms. The molecule has 7 heteroatoms. The van der Waals surface area contributed by atoms with Gasteiger partial charge in [0, 0.05) is 25.5 Å². The summed E-state index contributed by atoms with van der Waals surface area (Å²) in [6.45, 7) is 1.42. The molecule has 4 nitrogen and oxygen atoms in total. The molecule has 0 saturated carbocycles. The SMILES string of the molecule is O=C(NCCCCn1ccnc1)c1c(Cl)ccc(Cl)c1Cl. The number of hydrogen-bond donors (Lipinski definition) is 1. The first-order chi connectivity index (χ1) is 10.1. The number of carbonyl (C=O) groups excluding carboxylic acids is 1. The predicted molar refractivity (Wildman–Crippen MR) is 85.3 cm³/mol. The number of imidazole rings is 1. The van der Waals surface area contributed by atoms with Crippen LogP contribution < -0.4 is 5.32 Å². The molecule has 0 atom stereocenters. The number of unbranched alkanes of at least 4 members (excludes halogenated alkanes) is 1. The van der Waals surface area contributed by atoms with Crippen molar-refractivity contribution in [3.63, 3.8) is 0 Å². The number of halogens is 3. The highest BCUT2D eigenvalue weighted by Crippen LogP contribution is 2.31. The van der Waals surface area contributed by atoms with Gasteiger partial charge < -0.3 is 9.88 Å². The lowest BCUT2D eigenvalue weighted by atomic mass is 10.2. The van der Waals surface area contributed by atoms with Crippen LogP contribution in [0.5, 0.6) is 0 Å². The number of benzene rings is 1. The summed E-state index contributed by atoms with van der Waals surface area (Å²) in [5.74, 6) is -0.310. The van der Waals surface area contributed by atoms with E-state index in [1.54, 1.807) is 24.7 Å². The standard InChI is InChI=1S/C14H14Cl3N3O/c15-10-3-4-11(16)13(17)12(10)14(21)19-5-1-2-7-20-8-6-18-9-20/h3-4,6,8-9H,1-2,5,7H2,(H,19,21). The number of hydrogen-bond acceptors (Lipinski definition) is 2. The number of nitrogens with one attached hydrogen (secondary N) is 1. The van der Waals surface area contributed by atoms with Crippen LogP contribution in [0, 0.1) is 0 Å². The second-order valence-electron chi connectivity index (χ2n) is 4.48. The van der Waals surface area contributed by atoms with Crippen molar-refractivity contribution < 1.29 is 4.79 Å². The summed E-state index contributed by atoms with van der Waals surface area (Å²) in [7, 11) is 0. The summed E-state index contributed by atoms with van der Waals surface area (Å²) in [5.41, 5.74) is 0.223. The lowest BCUT2D eigenvalue weighted by molar-refractivity contribution is 0.0953. The summed E-state index contributed by atoms with van der Waals surface area (Å²) >= 11 is 17.9. The largest absolute Gasteiger partial charge is 0.352 e. The van der Waals surface area contributed by atoms with Crippen LogP contribution >= 0.6 is 34.8 Å². The molecule has 2 rings (SSSR count). The number of aryl methyl sites for hydroxylation is 1. The van der Waals surface area contributed by atoms with Crippen molar-refractivity contribution in [1.29, 1.82) is 0 Å². The average molecular weight is 347 g/mol. The fourth-order valence-electron chi connectivity index (χ4n) is 1.86. The van der Waals surface area contributed by atoms with Crippen molar-refractivity contribution in [3.8, 4) is 0 Å². The molecular weight excluding hydrogens is 333 g/mol. The van der Waals surface area contributed by atoms with Gasteiger partial charge in [-0.3, -0.25) is 4.79 Å². The zero-order chi connectivity index (χ0) is 15.2. The number of carbonyl (C=O) groups is 1. The zero-order valence-electron chi connectivity index (χ0n) is 11.2. The van der Waals surface area contributed by atoms with Crippen molar-refractivity contribution in [2.75, 3.05) is 6.54 Å². The van der Waals surface area contributed by atoms with Crippen LogP contribution in [0.1, 0.15) is 23.2 Å². The molecular formula is C14H14Cl3N3O. The van der Waals surface area contributed by atoms with Crippen molar-refractivity contribution in [3.05, 3.63) is 51.5 Å². The average Bonchev–Trinajstić information content (AvgIpc) is 2.96. The molecule has 0 fully saturated rings. The Morgan fingerprint density at radius 2 is 1.95 bits per heavy atom. The Labute approximate surface area is 138 Å². The minimum Gasteiger partial charge on any atom is -0.352 e. The van der Waals surface area contributed by atoms with Gasteiger partial charge in [0.05, 0.1) is 27.0 Å². The monoisotopic (exact) mass is 345 g/mol. The maximum absolute atomic E-state index is 12.1. The van der Waals surface area contributed by atoms with Gasteiger partial charge in [0.25, 0.3) is 5.91 Å². The molecule has 1 aromatic carbocycles. The fraction of sp³-hybridized carbons (Fsp3) is 0.286. The van der Waals surface area contributed by atoms with E-state index in [-0.39, 0.29) is 16.5 Å². The summed E-state index contributed by atoms with van der Waals surface area (Å²) in [4.78, 5) is 16.0. The van der Waals surface area contributed by atoms with Crippen LogP contribution in [0.4, 0.5) is 0 Å². The lowest BCUT2D eigenvalue weighted by Gasteiger charge is -2.09. The Balaban J connectivity index is 1.81. The van der Waals surface area contributed by atoms with Crippen molar-refractivity contribution >= 4 is 40.7 Å². The van der Waals surface area contributed by atoms with Crippen molar-refractivity contribution in [1.82, 2.24) is 14.9 Å². The topological polar surface area (TPSA) is 46.9 Å². The maximum atomic E-state index is 12.1. The number of nitrogens with zero attached hydrogens (tertiary/aromatic N) is 2. The van der Waals surface area contributed by atoms with E-state index in [2.05, 4.69) is 10.3 Å². The number of rotatable bonds is 6. The van der Waals surface area contributed by atoms with Crippen LogP contribution in [0.25, 0.3) is 0 Å². The van der Waals surface area contributed by atoms with E-state index in [9.17, 15) is 4.79 Å². The Morgan fingerprint density at radius 1 is 1.19 bits per heavy atom. The molecule has 0 unspecified atom stereocenters. The van der Waals surface area contributed by atoms with E-state index < -0.39 is 0 Å². The van der Waals surface area contributed by atoms with E-state index in [0.717, 1.165) is 19.4 Å². The van der Waals surface area contributed by atoms with Crippen molar-refractivity contribution in [2.24, 2.45) is 0 Å². The van der Waals surface area contributed by atoms with E-state index in [0.29, 0.717) is 16.6 Å². The molecule has 2 aromatic rings. The third kappa shape index (κ3) is 4.37. The quantitative estimate of drug-likeness (QED) is 0.633. The maximum Gasteiger partial charge on any atom is 0.254 e. The predicted octanol–water partition coefficient (Wildman–Crippen LogP) is 4.05. The third-order valence-corrected chi connectivity index (χ3v) is 4.08. The van der Waals surface area contributed by atoms with E-state index >= 15 is 0 Å². The highest BCUT2D eigenvalue weighted by atomic mass is 35.5. The molecule has 0 aliphatic heterocycles. The zero-order valence-corrected chi connectivity index (χ0v) is 13.4. The molecule has 0 aliphatic carbocycles. The van der Waals surface area contributed by atoms with Crippen LogP contribution in [0.2, 0.25) is 15.1 Å². The Morgan fingerprint density at radius 3 is 2.67 bits per heavy atom. The first-order valence-electron chi connectivity index (χ1n) is 6.47. The van der Waals surface area contributed by atoms with E-state index in [4.69, 9.17) is 34.8 Å². The molecule has 1 heterocycles. The van der Waals surface area contributed by atoms with Gasteiger partial charge in [0.1, 0.15) is 0 Å². The van der Waals surface area contributed by atoms with Gasteiger partial charge in [-0.1, -0.05) is 34.8 Å². The van der Waals surface area contributed by atoms with Gasteiger partial charge in [0.2, 0.25) is 0 Å². The molecule has 1 amide bonds. The second kappa shape index (κ2) is 7.69. The first-order valence-corrected chi connectivity index (χ1v) is 7.60. The van der Waals surface area contributed by atoms with Gasteiger partial charge in [0.15, 0.2) is 0 Å². The van der Waals surface area contributed by atoms with Crippen LogP contribution in [-0.4, -0.2) is 22.0 Å². The molecule has 0 saturated heterocycles. The van der Waals surface area contributed by atoms with Crippen molar-refractivity contribution in [2.45, 2.75) is 19.4 Å². The minimum atomic E-state index is -0.310. The van der Waals surface area contributed by atoms with Gasteiger partial charge in [-0.2, -0.15) is 0 Å².